The number of amidine groups is 1. The normalized spacial score (nSPS) is 11.4. The molecule has 0 bridgehead atoms. The van der Waals surface area contributed by atoms with E-state index in [-0.39, 0.29) is 5.84 Å². The predicted molar refractivity (Wildman–Crippen MR) is 54.9 cm³/mol. The third-order valence-electron chi connectivity index (χ3n) is 2.06. The minimum absolute atomic E-state index is 0.0597. The van der Waals surface area contributed by atoms with Crippen LogP contribution in [0.15, 0.2) is 23.4 Å². The van der Waals surface area contributed by atoms with Gasteiger partial charge in [-0.05, 0) is 24.1 Å². The summed E-state index contributed by atoms with van der Waals surface area (Å²) in [5.74, 6) is 0.684. The van der Waals surface area contributed by atoms with Gasteiger partial charge >= 0.3 is 0 Å². The van der Waals surface area contributed by atoms with Gasteiger partial charge < -0.3 is 15.7 Å². The first-order chi connectivity index (χ1) is 6.72. The van der Waals surface area contributed by atoms with Gasteiger partial charge in [0.25, 0.3) is 0 Å². The number of benzene rings is 1. The average molecular weight is 194 g/mol. The fourth-order valence-corrected chi connectivity index (χ4v) is 1.22. The van der Waals surface area contributed by atoms with Gasteiger partial charge in [0.2, 0.25) is 0 Å². The molecule has 1 aromatic rings. The monoisotopic (exact) mass is 194 g/mol. The number of nitrogens with zero attached hydrogens (tertiary/aromatic N) is 1. The van der Waals surface area contributed by atoms with Crippen LogP contribution in [0.4, 0.5) is 0 Å². The number of rotatable bonds is 3. The lowest BCUT2D eigenvalue weighted by Gasteiger charge is -2.08. The first-order valence-corrected chi connectivity index (χ1v) is 4.37. The Bertz CT molecular complexity index is 348. The molecule has 0 fully saturated rings. The van der Waals surface area contributed by atoms with Crippen LogP contribution in [0.3, 0.4) is 0 Å². The molecule has 0 saturated carbocycles. The van der Waals surface area contributed by atoms with Gasteiger partial charge in [0.1, 0.15) is 5.75 Å². The quantitative estimate of drug-likeness (QED) is 0.330. The lowest BCUT2D eigenvalue weighted by atomic mass is 10.1. The van der Waals surface area contributed by atoms with E-state index in [1.807, 2.05) is 12.1 Å². The second kappa shape index (κ2) is 4.50. The molecule has 4 heteroatoms. The number of nitrogens with two attached hydrogens (primary N) is 1. The summed E-state index contributed by atoms with van der Waals surface area (Å²) in [6.45, 7) is 2.05. The molecule has 14 heavy (non-hydrogen) atoms. The number of hydrogen-bond donors (Lipinski definition) is 2. The Morgan fingerprint density at radius 1 is 1.57 bits per heavy atom. The summed E-state index contributed by atoms with van der Waals surface area (Å²) < 4.78 is 5.14. The summed E-state index contributed by atoms with van der Waals surface area (Å²) in [5.41, 5.74) is 7.24. The van der Waals surface area contributed by atoms with E-state index < -0.39 is 0 Å². The Labute approximate surface area is 83.0 Å². The largest absolute Gasteiger partial charge is 0.496 e. The molecule has 0 aliphatic heterocycles. The van der Waals surface area contributed by atoms with Crippen molar-refractivity contribution in [2.75, 3.05) is 7.11 Å². The van der Waals surface area contributed by atoms with Gasteiger partial charge in [-0.1, -0.05) is 18.1 Å². The zero-order valence-electron chi connectivity index (χ0n) is 8.32. The fourth-order valence-electron chi connectivity index (χ4n) is 1.22. The highest BCUT2D eigenvalue weighted by Crippen LogP contribution is 2.20. The number of hydrogen-bond acceptors (Lipinski definition) is 3. The summed E-state index contributed by atoms with van der Waals surface area (Å²) in [7, 11) is 1.56. The third-order valence-corrected chi connectivity index (χ3v) is 2.06. The van der Waals surface area contributed by atoms with Crippen LogP contribution >= 0.6 is 0 Å². The van der Waals surface area contributed by atoms with E-state index in [0.29, 0.717) is 11.3 Å². The maximum Gasteiger partial charge on any atom is 0.173 e. The Hall–Kier alpha value is -1.71. The van der Waals surface area contributed by atoms with Crippen LogP contribution in [0.2, 0.25) is 0 Å². The van der Waals surface area contributed by atoms with Gasteiger partial charge in [-0.25, -0.2) is 0 Å². The zero-order chi connectivity index (χ0) is 10.6. The van der Waals surface area contributed by atoms with Crippen LogP contribution in [0.25, 0.3) is 0 Å². The van der Waals surface area contributed by atoms with Crippen molar-refractivity contribution in [3.63, 3.8) is 0 Å². The molecule has 0 aliphatic rings. The molecule has 0 aromatic heterocycles. The molecule has 0 heterocycles. The van der Waals surface area contributed by atoms with Crippen LogP contribution in [-0.2, 0) is 6.42 Å². The molecular formula is C10H14N2O2. The smallest absolute Gasteiger partial charge is 0.173 e. The number of methoxy groups -OCH3 is 1. The molecule has 0 unspecified atom stereocenters. The minimum atomic E-state index is 0.0597. The first-order valence-electron chi connectivity index (χ1n) is 4.37. The van der Waals surface area contributed by atoms with Crippen LogP contribution in [0.5, 0.6) is 5.75 Å². The average Bonchev–Trinajstić information content (AvgIpc) is 2.27. The van der Waals surface area contributed by atoms with Gasteiger partial charge in [-0.3, -0.25) is 0 Å². The van der Waals surface area contributed by atoms with Crippen molar-refractivity contribution in [1.82, 2.24) is 0 Å². The topological polar surface area (TPSA) is 67.8 Å². The fraction of sp³-hybridized carbons (Fsp3) is 0.300. The van der Waals surface area contributed by atoms with E-state index in [9.17, 15) is 0 Å². The van der Waals surface area contributed by atoms with E-state index in [1.165, 1.54) is 0 Å². The molecule has 1 rings (SSSR count). The number of oxime groups is 1. The highest BCUT2D eigenvalue weighted by atomic mass is 16.5. The Morgan fingerprint density at radius 2 is 2.29 bits per heavy atom. The third kappa shape index (κ3) is 1.96. The first kappa shape index (κ1) is 10.4. The van der Waals surface area contributed by atoms with Crippen molar-refractivity contribution >= 4 is 5.84 Å². The van der Waals surface area contributed by atoms with Crippen molar-refractivity contribution < 1.29 is 9.94 Å². The van der Waals surface area contributed by atoms with Crippen molar-refractivity contribution in [2.24, 2.45) is 10.9 Å². The molecular weight excluding hydrogens is 180 g/mol. The van der Waals surface area contributed by atoms with Gasteiger partial charge in [-0.2, -0.15) is 0 Å². The van der Waals surface area contributed by atoms with Gasteiger partial charge in [0.15, 0.2) is 5.84 Å². The molecule has 0 radical (unpaired) electrons. The summed E-state index contributed by atoms with van der Waals surface area (Å²) in [4.78, 5) is 0. The van der Waals surface area contributed by atoms with Crippen LogP contribution in [0.1, 0.15) is 18.1 Å². The molecule has 0 saturated heterocycles. The van der Waals surface area contributed by atoms with E-state index in [2.05, 4.69) is 12.1 Å². The Morgan fingerprint density at radius 3 is 2.79 bits per heavy atom. The van der Waals surface area contributed by atoms with Crippen molar-refractivity contribution in [3.05, 3.63) is 29.3 Å². The van der Waals surface area contributed by atoms with E-state index in [1.54, 1.807) is 13.2 Å². The summed E-state index contributed by atoms with van der Waals surface area (Å²) in [6.07, 6.45) is 0.923. The van der Waals surface area contributed by atoms with Crippen LogP contribution < -0.4 is 10.5 Å². The molecule has 0 amide bonds. The van der Waals surface area contributed by atoms with Crippen molar-refractivity contribution in [2.45, 2.75) is 13.3 Å². The van der Waals surface area contributed by atoms with Crippen LogP contribution in [-0.4, -0.2) is 18.2 Å². The lowest BCUT2D eigenvalue weighted by molar-refractivity contribution is 0.318. The SMILES string of the molecule is CCc1ccc(/C(N)=N\O)c(OC)c1. The number of ether oxygens (including phenoxy) is 1. The van der Waals surface area contributed by atoms with E-state index in [4.69, 9.17) is 15.7 Å². The molecule has 76 valence electrons. The summed E-state index contributed by atoms with van der Waals surface area (Å²) in [6, 6.07) is 5.59. The second-order valence-corrected chi connectivity index (χ2v) is 2.87. The minimum Gasteiger partial charge on any atom is -0.496 e. The van der Waals surface area contributed by atoms with E-state index >= 15 is 0 Å². The van der Waals surface area contributed by atoms with Crippen LogP contribution in [0, 0.1) is 0 Å². The highest BCUT2D eigenvalue weighted by molar-refractivity contribution is 5.99. The number of aryl methyl sites for hydroxylation is 1. The summed E-state index contributed by atoms with van der Waals surface area (Å²) in [5, 5.41) is 11.5. The van der Waals surface area contributed by atoms with Gasteiger partial charge in [0.05, 0.1) is 12.7 Å². The second-order valence-electron chi connectivity index (χ2n) is 2.87. The molecule has 0 aliphatic carbocycles. The zero-order valence-corrected chi connectivity index (χ0v) is 8.32. The molecule has 3 N–H and O–H groups in total. The maximum absolute atomic E-state index is 8.54. The highest BCUT2D eigenvalue weighted by Gasteiger charge is 2.07. The van der Waals surface area contributed by atoms with Gasteiger partial charge in [-0.15, -0.1) is 0 Å². The van der Waals surface area contributed by atoms with E-state index in [0.717, 1.165) is 12.0 Å². The standard InChI is InChI=1S/C10H14N2O2/c1-3-7-4-5-8(10(11)12-13)9(6-7)14-2/h4-6,13H,3H2,1-2H3,(H2,11,12). The van der Waals surface area contributed by atoms with Gasteiger partial charge in [0, 0.05) is 0 Å². The van der Waals surface area contributed by atoms with Crippen molar-refractivity contribution in [3.8, 4) is 5.75 Å². The molecule has 0 atom stereocenters. The maximum atomic E-state index is 8.54. The van der Waals surface area contributed by atoms with Crippen molar-refractivity contribution in [1.29, 1.82) is 0 Å². The molecule has 1 aromatic carbocycles. The predicted octanol–water partition coefficient (Wildman–Crippen LogP) is 1.35. The summed E-state index contributed by atoms with van der Waals surface area (Å²) >= 11 is 0. The Kier molecular flexibility index (Phi) is 3.34. The Balaban J connectivity index is 3.18. The molecule has 4 nitrogen and oxygen atoms in total. The lowest BCUT2D eigenvalue weighted by Crippen LogP contribution is -2.14. The molecule has 0 spiro atoms.